The van der Waals surface area contributed by atoms with Crippen LogP contribution in [-0.2, 0) is 31.5 Å². The van der Waals surface area contributed by atoms with Crippen molar-refractivity contribution in [1.82, 2.24) is 5.32 Å². The van der Waals surface area contributed by atoms with Gasteiger partial charge in [-0.15, -0.1) is 0 Å². The van der Waals surface area contributed by atoms with Crippen molar-refractivity contribution in [3.63, 3.8) is 0 Å². The normalized spacial score (nSPS) is 11.1. The number of carbonyl (C=O) groups excluding carboxylic acids is 2. The number of hydrogen-bond donors (Lipinski definition) is 1. The molecule has 0 heterocycles. The Bertz CT molecular complexity index is 1170. The summed E-state index contributed by atoms with van der Waals surface area (Å²) in [5.74, 6) is -0.780. The first-order valence-corrected chi connectivity index (χ1v) is 12.3. The molecule has 0 radical (unpaired) electrons. The number of aryl methyl sites for hydroxylation is 2. The molecule has 0 aliphatic rings. The molecule has 0 spiro atoms. The fraction of sp³-hybridized carbons (Fsp3) is 0.231. The first-order chi connectivity index (χ1) is 15.8. The second-order valence-electron chi connectivity index (χ2n) is 7.74. The van der Waals surface area contributed by atoms with Gasteiger partial charge in [-0.25, -0.2) is 13.2 Å². The van der Waals surface area contributed by atoms with Crippen LogP contribution in [0.1, 0.15) is 33.5 Å². The first-order valence-electron chi connectivity index (χ1n) is 10.7. The van der Waals surface area contributed by atoms with Crippen molar-refractivity contribution in [2.24, 2.45) is 0 Å². The van der Waals surface area contributed by atoms with E-state index >= 15 is 0 Å². The molecule has 0 fully saturated rings. The quantitative estimate of drug-likeness (QED) is 0.363. The lowest BCUT2D eigenvalue weighted by atomic mass is 10.1. The molecular weight excluding hydrogens is 438 g/mol. The molecule has 0 aromatic heterocycles. The van der Waals surface area contributed by atoms with E-state index in [4.69, 9.17) is 4.74 Å². The van der Waals surface area contributed by atoms with Gasteiger partial charge in [0, 0.05) is 6.42 Å². The minimum Gasteiger partial charge on any atom is -0.460 e. The van der Waals surface area contributed by atoms with Crippen molar-refractivity contribution >= 4 is 21.7 Å². The molecule has 3 rings (SSSR count). The summed E-state index contributed by atoms with van der Waals surface area (Å²) in [5, 5.41) is 2.74. The number of ether oxygens (including phenoxy) is 1. The van der Waals surface area contributed by atoms with Crippen LogP contribution in [-0.4, -0.2) is 33.4 Å². The van der Waals surface area contributed by atoms with E-state index in [1.165, 1.54) is 5.56 Å². The average Bonchev–Trinajstić information content (AvgIpc) is 2.82. The molecule has 3 aromatic rings. The number of carbonyl (C=O) groups is 2. The van der Waals surface area contributed by atoms with E-state index in [-0.39, 0.29) is 29.7 Å². The predicted molar refractivity (Wildman–Crippen MR) is 127 cm³/mol. The topological polar surface area (TPSA) is 89.5 Å². The lowest BCUT2D eigenvalue weighted by Crippen LogP contribution is -2.28. The molecule has 0 saturated carbocycles. The van der Waals surface area contributed by atoms with E-state index in [1.54, 1.807) is 54.6 Å². The summed E-state index contributed by atoms with van der Waals surface area (Å²) in [7, 11) is -3.45. The molecule has 7 heteroatoms. The van der Waals surface area contributed by atoms with Gasteiger partial charge in [-0.3, -0.25) is 4.79 Å². The standard InChI is InChI=1S/C26H27NO5S/c1-20-7-9-21(10-8-20)13-16-25(28)27-17-18-32-26(29)23-14-11-22(12-15-23)19-33(30,31)24-5-3-2-4-6-24/h2-12,14-15H,13,16-19H2,1H3,(H,27,28). The van der Waals surface area contributed by atoms with Gasteiger partial charge in [0.1, 0.15) is 6.61 Å². The molecule has 172 valence electrons. The van der Waals surface area contributed by atoms with Crippen molar-refractivity contribution in [3.05, 3.63) is 101 Å². The van der Waals surface area contributed by atoms with Crippen LogP contribution >= 0.6 is 0 Å². The number of benzene rings is 3. The van der Waals surface area contributed by atoms with Crippen LogP contribution in [0.15, 0.2) is 83.8 Å². The third kappa shape index (κ3) is 7.57. The molecule has 0 saturated heterocycles. The minimum absolute atomic E-state index is 0.0548. The monoisotopic (exact) mass is 465 g/mol. The number of amides is 1. The summed E-state index contributed by atoms with van der Waals surface area (Å²) < 4.78 is 30.1. The average molecular weight is 466 g/mol. The van der Waals surface area contributed by atoms with Crippen molar-refractivity contribution in [3.8, 4) is 0 Å². The zero-order valence-corrected chi connectivity index (χ0v) is 19.3. The molecule has 0 atom stereocenters. The van der Waals surface area contributed by atoms with E-state index in [2.05, 4.69) is 5.32 Å². The maximum absolute atomic E-state index is 12.5. The maximum Gasteiger partial charge on any atom is 0.338 e. The molecular formula is C26H27NO5S. The van der Waals surface area contributed by atoms with Crippen LogP contribution in [0.2, 0.25) is 0 Å². The van der Waals surface area contributed by atoms with Crippen LogP contribution < -0.4 is 5.32 Å². The minimum atomic E-state index is -3.45. The molecule has 33 heavy (non-hydrogen) atoms. The largest absolute Gasteiger partial charge is 0.460 e. The zero-order chi connectivity index (χ0) is 23.7. The molecule has 1 N–H and O–H groups in total. The highest BCUT2D eigenvalue weighted by molar-refractivity contribution is 7.90. The van der Waals surface area contributed by atoms with Crippen molar-refractivity contribution in [2.75, 3.05) is 13.2 Å². The van der Waals surface area contributed by atoms with Crippen molar-refractivity contribution in [1.29, 1.82) is 0 Å². The molecule has 1 amide bonds. The molecule has 6 nitrogen and oxygen atoms in total. The van der Waals surface area contributed by atoms with Crippen LogP contribution in [0.3, 0.4) is 0 Å². The fourth-order valence-electron chi connectivity index (χ4n) is 3.19. The fourth-order valence-corrected chi connectivity index (χ4v) is 4.56. The Labute approximate surface area is 194 Å². The van der Waals surface area contributed by atoms with Crippen molar-refractivity contribution < 1.29 is 22.7 Å². The Kier molecular flexibility index (Phi) is 8.38. The van der Waals surface area contributed by atoms with Gasteiger partial charge < -0.3 is 10.1 Å². The van der Waals surface area contributed by atoms with Gasteiger partial charge in [0.25, 0.3) is 0 Å². The summed E-state index contributed by atoms with van der Waals surface area (Å²) in [4.78, 5) is 24.4. The summed E-state index contributed by atoms with van der Waals surface area (Å²) in [5.41, 5.74) is 3.18. The van der Waals surface area contributed by atoms with Crippen LogP contribution in [0.5, 0.6) is 0 Å². The highest BCUT2D eigenvalue weighted by atomic mass is 32.2. The van der Waals surface area contributed by atoms with Gasteiger partial charge in [-0.05, 0) is 48.7 Å². The second-order valence-corrected chi connectivity index (χ2v) is 9.73. The Hall–Kier alpha value is -3.45. The summed E-state index contributed by atoms with van der Waals surface area (Å²) in [6, 6.07) is 22.6. The van der Waals surface area contributed by atoms with Gasteiger partial charge in [0.15, 0.2) is 9.84 Å². The Morgan fingerprint density at radius 1 is 0.848 bits per heavy atom. The Balaban J connectivity index is 1.39. The molecule has 0 aliphatic heterocycles. The lowest BCUT2D eigenvalue weighted by molar-refractivity contribution is -0.121. The number of hydrogen-bond acceptors (Lipinski definition) is 5. The third-order valence-corrected chi connectivity index (χ3v) is 6.77. The van der Waals surface area contributed by atoms with Gasteiger partial charge in [0.2, 0.25) is 5.91 Å². The maximum atomic E-state index is 12.5. The van der Waals surface area contributed by atoms with Crippen molar-refractivity contribution in [2.45, 2.75) is 30.4 Å². The summed E-state index contributed by atoms with van der Waals surface area (Å²) >= 11 is 0. The van der Waals surface area contributed by atoms with E-state index < -0.39 is 15.8 Å². The lowest BCUT2D eigenvalue weighted by Gasteiger charge is -2.08. The van der Waals surface area contributed by atoms with Gasteiger partial charge in [0.05, 0.1) is 22.8 Å². The van der Waals surface area contributed by atoms with Gasteiger partial charge in [-0.2, -0.15) is 0 Å². The molecule has 0 unspecified atom stereocenters. The van der Waals surface area contributed by atoms with E-state index in [0.717, 1.165) is 5.56 Å². The highest BCUT2D eigenvalue weighted by Gasteiger charge is 2.15. The first kappa shape index (κ1) is 24.2. The number of nitrogens with one attached hydrogen (secondary N) is 1. The summed E-state index contributed by atoms with van der Waals surface area (Å²) in [6.07, 6.45) is 1.02. The molecule has 0 aliphatic carbocycles. The van der Waals surface area contributed by atoms with Gasteiger partial charge in [-0.1, -0.05) is 60.2 Å². The zero-order valence-electron chi connectivity index (χ0n) is 18.5. The van der Waals surface area contributed by atoms with Gasteiger partial charge >= 0.3 is 5.97 Å². The smallest absolute Gasteiger partial charge is 0.338 e. The summed E-state index contributed by atoms with van der Waals surface area (Å²) in [6.45, 7) is 2.30. The number of esters is 1. The third-order valence-electron chi connectivity index (χ3n) is 5.07. The molecule has 0 bridgehead atoms. The number of rotatable bonds is 10. The van der Waals surface area contributed by atoms with Crippen LogP contribution in [0.4, 0.5) is 0 Å². The SMILES string of the molecule is Cc1ccc(CCC(=O)NCCOC(=O)c2ccc(CS(=O)(=O)c3ccccc3)cc2)cc1. The second kappa shape index (κ2) is 11.4. The van der Waals surface area contributed by atoms with E-state index in [0.29, 0.717) is 24.0 Å². The Morgan fingerprint density at radius 3 is 2.15 bits per heavy atom. The number of sulfone groups is 1. The Morgan fingerprint density at radius 2 is 1.48 bits per heavy atom. The predicted octanol–water partition coefficient (Wildman–Crippen LogP) is 3.87. The molecule has 3 aromatic carbocycles. The van der Waals surface area contributed by atoms with E-state index in [9.17, 15) is 18.0 Å². The van der Waals surface area contributed by atoms with Crippen LogP contribution in [0.25, 0.3) is 0 Å². The van der Waals surface area contributed by atoms with Crippen LogP contribution in [0, 0.1) is 6.92 Å². The van der Waals surface area contributed by atoms with E-state index in [1.807, 2.05) is 31.2 Å². The highest BCUT2D eigenvalue weighted by Crippen LogP contribution is 2.17.